The van der Waals surface area contributed by atoms with Gasteiger partial charge in [0.15, 0.2) is 17.6 Å². The molecule has 1 heterocycles. The monoisotopic (exact) mass is 271 g/mol. The molecule has 0 aliphatic rings. The van der Waals surface area contributed by atoms with E-state index in [4.69, 9.17) is 11.2 Å². The van der Waals surface area contributed by atoms with Crippen LogP contribution >= 0.6 is 0 Å². The van der Waals surface area contributed by atoms with E-state index in [0.29, 0.717) is 6.42 Å². The molecular formula is C16H19N2O2+. The molecule has 0 atom stereocenters. The number of aromatic nitrogens is 2. The zero-order chi connectivity index (χ0) is 14.5. The first-order valence-electron chi connectivity index (χ1n) is 6.74. The Bertz CT molecular complexity index is 665. The summed E-state index contributed by atoms with van der Waals surface area (Å²) in [4.78, 5) is 11.9. The number of terminal acetylenes is 1. The maximum absolute atomic E-state index is 11.9. The number of hydrogen-bond acceptors (Lipinski definition) is 2. The number of carbonyl (C=O) groups excluding carboxylic acids is 1. The van der Waals surface area contributed by atoms with E-state index in [-0.39, 0.29) is 19.1 Å². The van der Waals surface area contributed by atoms with Gasteiger partial charge in [0.05, 0.1) is 7.05 Å². The number of hydrogen-bond donors (Lipinski definition) is 0. The van der Waals surface area contributed by atoms with Crippen molar-refractivity contribution in [3.05, 3.63) is 30.1 Å². The van der Waals surface area contributed by atoms with Gasteiger partial charge in [-0.25, -0.2) is 13.9 Å². The number of esters is 1. The van der Waals surface area contributed by atoms with Crippen LogP contribution in [-0.4, -0.2) is 17.1 Å². The van der Waals surface area contributed by atoms with Gasteiger partial charge in [-0.3, -0.25) is 0 Å². The molecule has 2 rings (SSSR count). The molecule has 0 saturated heterocycles. The molecule has 4 nitrogen and oxygen atoms in total. The summed E-state index contributed by atoms with van der Waals surface area (Å²) < 4.78 is 9.26. The normalized spacial score (nSPS) is 10.4. The highest BCUT2D eigenvalue weighted by Crippen LogP contribution is 2.14. The number of nitrogens with zero attached hydrogens (tertiary/aromatic N) is 2. The summed E-state index contributed by atoms with van der Waals surface area (Å²) in [5.74, 6) is 3.30. The fourth-order valence-electron chi connectivity index (χ4n) is 2.44. The van der Waals surface area contributed by atoms with E-state index in [9.17, 15) is 4.79 Å². The summed E-state index contributed by atoms with van der Waals surface area (Å²) in [6.45, 7) is 2.58. The molecule has 1 aromatic carbocycles. The quantitative estimate of drug-likeness (QED) is 0.358. The Kier molecular flexibility index (Phi) is 4.41. The van der Waals surface area contributed by atoms with Crippen molar-refractivity contribution < 1.29 is 14.1 Å². The Balaban J connectivity index is 2.29. The SMILES string of the molecule is C#CCCOC(=O)Cn1c(CC)[n+](C)c2ccccc21. The van der Waals surface area contributed by atoms with E-state index in [1.807, 2.05) is 29.8 Å². The first kappa shape index (κ1) is 14.1. The fraction of sp³-hybridized carbons (Fsp3) is 0.375. The van der Waals surface area contributed by atoms with Crippen LogP contribution in [0.2, 0.25) is 0 Å². The van der Waals surface area contributed by atoms with Crippen molar-refractivity contribution in [1.82, 2.24) is 4.57 Å². The van der Waals surface area contributed by atoms with Crippen LogP contribution < -0.4 is 4.57 Å². The second-order valence-corrected chi connectivity index (χ2v) is 4.58. The van der Waals surface area contributed by atoms with Gasteiger partial charge in [-0.1, -0.05) is 19.1 Å². The van der Waals surface area contributed by atoms with Crippen LogP contribution in [-0.2, 0) is 29.5 Å². The molecule has 20 heavy (non-hydrogen) atoms. The Labute approximate surface area is 119 Å². The molecule has 0 N–H and O–H groups in total. The Hall–Kier alpha value is -2.28. The molecule has 4 heteroatoms. The van der Waals surface area contributed by atoms with Crippen molar-refractivity contribution in [2.75, 3.05) is 6.61 Å². The highest BCUT2D eigenvalue weighted by atomic mass is 16.5. The predicted octanol–water partition coefficient (Wildman–Crippen LogP) is 1.59. The number of ether oxygens (including phenoxy) is 1. The molecule has 0 aliphatic heterocycles. The molecular weight excluding hydrogens is 252 g/mol. The highest BCUT2D eigenvalue weighted by Gasteiger charge is 2.23. The van der Waals surface area contributed by atoms with Crippen molar-refractivity contribution >= 4 is 17.0 Å². The summed E-state index contributed by atoms with van der Waals surface area (Å²) in [6.07, 6.45) is 6.44. The Morgan fingerprint density at radius 3 is 2.90 bits per heavy atom. The van der Waals surface area contributed by atoms with Crippen LogP contribution in [0.4, 0.5) is 0 Å². The second-order valence-electron chi connectivity index (χ2n) is 4.58. The number of carbonyl (C=O) groups is 1. The van der Waals surface area contributed by atoms with Gasteiger partial charge in [0.1, 0.15) is 6.61 Å². The van der Waals surface area contributed by atoms with Gasteiger partial charge >= 0.3 is 5.97 Å². The average molecular weight is 271 g/mol. The number of fused-ring (bicyclic) bond motifs is 1. The topological polar surface area (TPSA) is 35.1 Å². The van der Waals surface area contributed by atoms with Gasteiger partial charge in [0, 0.05) is 12.8 Å². The molecule has 1 aromatic heterocycles. The molecule has 0 aliphatic carbocycles. The largest absolute Gasteiger partial charge is 0.462 e. The zero-order valence-electron chi connectivity index (χ0n) is 11.9. The van der Waals surface area contributed by atoms with Crippen molar-refractivity contribution in [2.24, 2.45) is 7.05 Å². The fourth-order valence-corrected chi connectivity index (χ4v) is 2.44. The lowest BCUT2D eigenvalue weighted by molar-refractivity contribution is -0.653. The standard InChI is InChI=1S/C16H19N2O2/c1-4-6-11-20-16(19)12-18-14-10-8-7-9-13(14)17(3)15(18)5-2/h1,7-10H,5-6,11-12H2,2-3H3/q+1. The highest BCUT2D eigenvalue weighted by molar-refractivity contribution is 5.76. The first-order chi connectivity index (χ1) is 9.69. The second kappa shape index (κ2) is 6.25. The molecule has 0 radical (unpaired) electrons. The van der Waals surface area contributed by atoms with Crippen LogP contribution in [0.25, 0.3) is 11.0 Å². The Morgan fingerprint density at radius 2 is 2.20 bits per heavy atom. The third kappa shape index (κ3) is 2.67. The molecule has 0 unspecified atom stereocenters. The molecule has 0 spiro atoms. The number of imidazole rings is 1. The predicted molar refractivity (Wildman–Crippen MR) is 76.9 cm³/mol. The van der Waals surface area contributed by atoms with Gasteiger partial charge in [-0.15, -0.1) is 12.3 Å². The van der Waals surface area contributed by atoms with Crippen LogP contribution in [0.1, 0.15) is 19.2 Å². The Morgan fingerprint density at radius 1 is 1.45 bits per heavy atom. The van der Waals surface area contributed by atoms with Gasteiger partial charge < -0.3 is 4.74 Å². The van der Waals surface area contributed by atoms with Crippen LogP contribution in [0.15, 0.2) is 24.3 Å². The third-order valence-corrected chi connectivity index (χ3v) is 3.35. The number of benzene rings is 1. The van der Waals surface area contributed by atoms with Crippen molar-refractivity contribution in [2.45, 2.75) is 26.3 Å². The molecule has 2 aromatic rings. The van der Waals surface area contributed by atoms with Gasteiger partial charge in [0.25, 0.3) is 5.82 Å². The molecule has 0 bridgehead atoms. The van der Waals surface area contributed by atoms with E-state index < -0.39 is 0 Å². The number of rotatable bonds is 5. The summed E-state index contributed by atoms with van der Waals surface area (Å²) in [5.41, 5.74) is 2.15. The van der Waals surface area contributed by atoms with Gasteiger partial charge in [-0.2, -0.15) is 0 Å². The number of para-hydroxylation sites is 2. The van der Waals surface area contributed by atoms with Crippen LogP contribution in [0.5, 0.6) is 0 Å². The molecule has 0 saturated carbocycles. The molecule has 0 fully saturated rings. The van der Waals surface area contributed by atoms with E-state index in [1.54, 1.807) is 0 Å². The zero-order valence-corrected chi connectivity index (χ0v) is 11.9. The van der Waals surface area contributed by atoms with Crippen molar-refractivity contribution in [3.63, 3.8) is 0 Å². The summed E-state index contributed by atoms with van der Waals surface area (Å²) >= 11 is 0. The minimum absolute atomic E-state index is 0.217. The van der Waals surface area contributed by atoms with Crippen molar-refractivity contribution in [1.29, 1.82) is 0 Å². The minimum atomic E-state index is -0.253. The van der Waals surface area contributed by atoms with Crippen molar-refractivity contribution in [3.8, 4) is 12.3 Å². The van der Waals surface area contributed by atoms with Gasteiger partial charge in [-0.05, 0) is 12.1 Å². The summed E-state index contributed by atoms with van der Waals surface area (Å²) in [7, 11) is 2.02. The number of aryl methyl sites for hydroxylation is 1. The molecule has 0 amide bonds. The van der Waals surface area contributed by atoms with E-state index >= 15 is 0 Å². The average Bonchev–Trinajstić information content (AvgIpc) is 2.72. The summed E-state index contributed by atoms with van der Waals surface area (Å²) in [6, 6.07) is 8.04. The molecule has 104 valence electrons. The maximum atomic E-state index is 11.9. The smallest absolute Gasteiger partial charge is 0.348 e. The van der Waals surface area contributed by atoms with Crippen LogP contribution in [0.3, 0.4) is 0 Å². The lowest BCUT2D eigenvalue weighted by Crippen LogP contribution is -2.33. The van der Waals surface area contributed by atoms with Gasteiger partial charge in [0.2, 0.25) is 0 Å². The van der Waals surface area contributed by atoms with E-state index in [2.05, 4.69) is 23.5 Å². The van der Waals surface area contributed by atoms with E-state index in [0.717, 1.165) is 23.3 Å². The van der Waals surface area contributed by atoms with Crippen LogP contribution in [0, 0.1) is 12.3 Å². The summed E-state index contributed by atoms with van der Waals surface area (Å²) in [5, 5.41) is 0. The third-order valence-electron chi connectivity index (χ3n) is 3.35. The minimum Gasteiger partial charge on any atom is -0.462 e. The lowest BCUT2D eigenvalue weighted by Gasteiger charge is -2.03. The van der Waals surface area contributed by atoms with E-state index in [1.165, 1.54) is 0 Å². The maximum Gasteiger partial charge on any atom is 0.348 e. The lowest BCUT2D eigenvalue weighted by atomic mass is 10.3. The first-order valence-corrected chi connectivity index (χ1v) is 6.74.